The van der Waals surface area contributed by atoms with Crippen molar-refractivity contribution >= 4 is 0 Å². The van der Waals surface area contributed by atoms with Gasteiger partial charge in [-0.3, -0.25) is 4.90 Å². The van der Waals surface area contributed by atoms with E-state index in [1.54, 1.807) is 5.56 Å². The molecule has 124 valence electrons. The van der Waals surface area contributed by atoms with Gasteiger partial charge >= 0.3 is 0 Å². The second-order valence-corrected chi connectivity index (χ2v) is 7.84. The van der Waals surface area contributed by atoms with E-state index in [1.807, 2.05) is 0 Å². The molecule has 0 saturated carbocycles. The van der Waals surface area contributed by atoms with Gasteiger partial charge in [0.05, 0.1) is 6.04 Å². The van der Waals surface area contributed by atoms with E-state index < -0.39 is 0 Å². The maximum Gasteiger partial charge on any atom is 0.0558 e. The second kappa shape index (κ2) is 5.09. The van der Waals surface area contributed by atoms with Gasteiger partial charge < -0.3 is 4.57 Å². The Kier molecular flexibility index (Phi) is 2.83. The summed E-state index contributed by atoms with van der Waals surface area (Å²) in [7, 11) is 0. The van der Waals surface area contributed by atoms with Crippen molar-refractivity contribution in [2.75, 3.05) is 0 Å². The summed E-state index contributed by atoms with van der Waals surface area (Å²) in [5.41, 5.74) is 6.12. The molecule has 25 heavy (non-hydrogen) atoms. The fourth-order valence-corrected chi connectivity index (χ4v) is 5.77. The van der Waals surface area contributed by atoms with E-state index in [0.717, 1.165) is 13.1 Å². The Hall–Kier alpha value is -2.32. The van der Waals surface area contributed by atoms with Crippen molar-refractivity contribution in [2.24, 2.45) is 5.92 Å². The highest BCUT2D eigenvalue weighted by Crippen LogP contribution is 2.56. The van der Waals surface area contributed by atoms with Crippen LogP contribution in [-0.4, -0.2) is 15.5 Å². The molecule has 0 bridgehead atoms. The molecule has 0 unspecified atom stereocenters. The first-order valence-corrected chi connectivity index (χ1v) is 9.42. The number of rotatable bonds is 1. The molecule has 0 radical (unpaired) electrons. The van der Waals surface area contributed by atoms with Crippen LogP contribution in [0.4, 0.5) is 0 Å². The molecule has 4 heterocycles. The van der Waals surface area contributed by atoms with Gasteiger partial charge in [-0.1, -0.05) is 54.6 Å². The molecule has 2 aromatic carbocycles. The lowest BCUT2D eigenvalue weighted by Crippen LogP contribution is -2.39. The molecule has 0 aliphatic carbocycles. The van der Waals surface area contributed by atoms with Crippen molar-refractivity contribution < 1.29 is 0 Å². The van der Waals surface area contributed by atoms with Gasteiger partial charge in [0.15, 0.2) is 0 Å². The molecule has 0 amide bonds. The Bertz CT molecular complexity index is 926. The van der Waals surface area contributed by atoms with Crippen LogP contribution in [0, 0.1) is 5.92 Å². The monoisotopic (exact) mass is 326 g/mol. The minimum Gasteiger partial charge on any atom is -0.350 e. The molecule has 2 nitrogen and oxygen atoms in total. The smallest absolute Gasteiger partial charge is 0.0558 e. The summed E-state index contributed by atoms with van der Waals surface area (Å²) in [6, 6.07) is 26.1. The predicted molar refractivity (Wildman–Crippen MR) is 99.3 cm³/mol. The third-order valence-corrected chi connectivity index (χ3v) is 6.72. The summed E-state index contributed by atoms with van der Waals surface area (Å²) >= 11 is 0. The van der Waals surface area contributed by atoms with Gasteiger partial charge in [-0.25, -0.2) is 0 Å². The predicted octanol–water partition coefficient (Wildman–Crippen LogP) is 4.38. The zero-order chi connectivity index (χ0) is 16.4. The summed E-state index contributed by atoms with van der Waals surface area (Å²) < 4.78 is 2.49. The van der Waals surface area contributed by atoms with Crippen LogP contribution in [0.25, 0.3) is 0 Å². The number of fused-ring (bicyclic) bond motifs is 6. The van der Waals surface area contributed by atoms with E-state index >= 15 is 0 Å². The molecule has 2 heteroatoms. The molecular formula is C23H22N2. The maximum absolute atomic E-state index is 2.81. The summed E-state index contributed by atoms with van der Waals surface area (Å²) in [4.78, 5) is 2.81. The first kappa shape index (κ1) is 13.9. The Labute approximate surface area is 148 Å². The molecule has 1 aromatic heterocycles. The van der Waals surface area contributed by atoms with Gasteiger partial charge in [-0.2, -0.15) is 0 Å². The molecule has 0 spiro atoms. The summed E-state index contributed by atoms with van der Waals surface area (Å²) in [6.45, 7) is 2.26. The van der Waals surface area contributed by atoms with Gasteiger partial charge in [0.1, 0.15) is 0 Å². The molecule has 6 rings (SSSR count). The lowest BCUT2D eigenvalue weighted by molar-refractivity contribution is 0.160. The van der Waals surface area contributed by atoms with Crippen LogP contribution in [0.2, 0.25) is 0 Å². The zero-order valence-corrected chi connectivity index (χ0v) is 14.3. The lowest BCUT2D eigenvalue weighted by atomic mass is 9.79. The standard InChI is InChI=1S/C23H22N2/c1-2-7-16(8-3-1)22-19-15-24-12-6-11-20(24)23(19)25-14-18-10-5-4-9-17(18)13-21(22)25/h1-12,19,21-23H,13-15H2/t19-,21+,22+,23+/m0/s1. The molecule has 1 saturated heterocycles. The molecule has 4 atom stereocenters. The van der Waals surface area contributed by atoms with Crippen molar-refractivity contribution in [3.8, 4) is 0 Å². The van der Waals surface area contributed by atoms with Crippen LogP contribution >= 0.6 is 0 Å². The van der Waals surface area contributed by atoms with Gasteiger partial charge in [0, 0.05) is 42.9 Å². The first-order valence-electron chi connectivity index (χ1n) is 9.42. The minimum atomic E-state index is 0.568. The minimum absolute atomic E-state index is 0.568. The first-order chi connectivity index (χ1) is 12.4. The maximum atomic E-state index is 2.81. The Morgan fingerprint density at radius 3 is 2.48 bits per heavy atom. The van der Waals surface area contributed by atoms with Crippen molar-refractivity contribution in [1.29, 1.82) is 0 Å². The molecule has 3 aromatic rings. The topological polar surface area (TPSA) is 8.17 Å². The number of benzene rings is 2. The third kappa shape index (κ3) is 1.89. The quantitative estimate of drug-likeness (QED) is 0.644. The fraction of sp³-hybridized carbons (Fsp3) is 0.304. The highest BCUT2D eigenvalue weighted by atomic mass is 15.3. The number of hydrogen-bond donors (Lipinski definition) is 0. The van der Waals surface area contributed by atoms with Crippen molar-refractivity contribution in [2.45, 2.75) is 37.5 Å². The number of aromatic nitrogens is 1. The van der Waals surface area contributed by atoms with Crippen LogP contribution < -0.4 is 0 Å². The van der Waals surface area contributed by atoms with E-state index in [0.29, 0.717) is 23.9 Å². The van der Waals surface area contributed by atoms with E-state index in [9.17, 15) is 0 Å². The summed E-state index contributed by atoms with van der Waals surface area (Å²) in [6.07, 6.45) is 3.45. The van der Waals surface area contributed by atoms with Gasteiger partial charge in [-0.15, -0.1) is 0 Å². The van der Waals surface area contributed by atoms with Crippen LogP contribution in [-0.2, 0) is 19.5 Å². The zero-order valence-electron chi connectivity index (χ0n) is 14.3. The second-order valence-electron chi connectivity index (χ2n) is 7.84. The SMILES string of the molecule is c1ccc([C@@H]2[C@@H]3Cn4cccc4[C@@H]3N3Cc4ccccc4C[C@H]23)cc1. The van der Waals surface area contributed by atoms with E-state index in [2.05, 4.69) is 82.4 Å². The van der Waals surface area contributed by atoms with Gasteiger partial charge in [-0.05, 0) is 35.2 Å². The average Bonchev–Trinajstić information content (AvgIpc) is 3.30. The van der Waals surface area contributed by atoms with Crippen molar-refractivity contribution in [3.63, 3.8) is 0 Å². The van der Waals surface area contributed by atoms with Crippen LogP contribution in [0.1, 0.15) is 34.3 Å². The van der Waals surface area contributed by atoms with E-state index in [-0.39, 0.29) is 0 Å². The van der Waals surface area contributed by atoms with Crippen molar-refractivity contribution in [1.82, 2.24) is 9.47 Å². The van der Waals surface area contributed by atoms with Crippen LogP contribution in [0.5, 0.6) is 0 Å². The van der Waals surface area contributed by atoms with Crippen LogP contribution in [0.3, 0.4) is 0 Å². The molecule has 1 fully saturated rings. The van der Waals surface area contributed by atoms with Crippen LogP contribution in [0.15, 0.2) is 72.9 Å². The largest absolute Gasteiger partial charge is 0.350 e. The average molecular weight is 326 g/mol. The third-order valence-electron chi connectivity index (χ3n) is 6.72. The molecular weight excluding hydrogens is 304 g/mol. The Morgan fingerprint density at radius 2 is 1.60 bits per heavy atom. The summed E-state index contributed by atoms with van der Waals surface area (Å²) in [5.74, 6) is 1.32. The van der Waals surface area contributed by atoms with E-state index in [1.165, 1.54) is 23.2 Å². The van der Waals surface area contributed by atoms with E-state index in [4.69, 9.17) is 0 Å². The fourth-order valence-electron chi connectivity index (χ4n) is 5.77. The number of hydrogen-bond acceptors (Lipinski definition) is 1. The van der Waals surface area contributed by atoms with Gasteiger partial charge in [0.25, 0.3) is 0 Å². The molecule has 3 aliphatic heterocycles. The summed E-state index contributed by atoms with van der Waals surface area (Å²) in [5, 5.41) is 0. The normalized spacial score (nSPS) is 29.8. The number of nitrogens with zero attached hydrogens (tertiary/aromatic N) is 2. The van der Waals surface area contributed by atoms with Gasteiger partial charge in [0.2, 0.25) is 0 Å². The Morgan fingerprint density at radius 1 is 0.800 bits per heavy atom. The lowest BCUT2D eigenvalue weighted by Gasteiger charge is -2.37. The highest BCUT2D eigenvalue weighted by Gasteiger charge is 2.54. The highest BCUT2D eigenvalue weighted by molar-refractivity contribution is 5.37. The molecule has 0 N–H and O–H groups in total. The molecule has 3 aliphatic rings. The van der Waals surface area contributed by atoms with Crippen molar-refractivity contribution in [3.05, 3.63) is 95.3 Å². The Balaban J connectivity index is 1.50.